The average molecular weight is 548 g/mol. The summed E-state index contributed by atoms with van der Waals surface area (Å²) >= 11 is 1.49. The van der Waals surface area contributed by atoms with Gasteiger partial charge in [-0.2, -0.15) is 0 Å². The number of amidine groups is 1. The van der Waals surface area contributed by atoms with Crippen molar-refractivity contribution in [1.29, 1.82) is 5.41 Å². The van der Waals surface area contributed by atoms with Crippen LogP contribution in [0.2, 0.25) is 0 Å². The maximum absolute atomic E-state index is 13.2. The number of nitrogen functional groups attached to an aromatic ring is 1. The number of likely N-dealkylation sites (tertiary alicyclic amines) is 1. The van der Waals surface area contributed by atoms with Crippen molar-refractivity contribution >= 4 is 34.9 Å². The number of amides is 3. The van der Waals surface area contributed by atoms with Crippen LogP contribution in [0, 0.1) is 11.3 Å². The molecule has 2 unspecified atom stereocenters. The van der Waals surface area contributed by atoms with Gasteiger partial charge in [0.1, 0.15) is 23.4 Å². The molecule has 5 N–H and O–H groups in total. The first kappa shape index (κ1) is 27.8. The molecule has 10 heteroatoms. The summed E-state index contributed by atoms with van der Waals surface area (Å²) in [6.45, 7) is 4.16. The largest absolute Gasteiger partial charge is 0.457 e. The first-order chi connectivity index (χ1) is 18.7. The molecule has 0 radical (unpaired) electrons. The third kappa shape index (κ3) is 7.02. The Balaban J connectivity index is 1.29. The lowest BCUT2D eigenvalue weighted by atomic mass is 10.0. The number of hydrogen-bond acceptors (Lipinski definition) is 6. The quantitative estimate of drug-likeness (QED) is 0.227. The van der Waals surface area contributed by atoms with Crippen LogP contribution in [0.1, 0.15) is 41.1 Å². The Morgan fingerprint density at radius 1 is 1.03 bits per heavy atom. The number of nitrogens with two attached hydrogens (primary N) is 1. The molecule has 2 heterocycles. The lowest BCUT2D eigenvalue weighted by Crippen LogP contribution is -2.51. The Hall–Kier alpha value is -4.18. The van der Waals surface area contributed by atoms with E-state index in [0.717, 1.165) is 4.88 Å². The molecule has 0 spiro atoms. The zero-order chi connectivity index (χ0) is 27.9. The van der Waals surface area contributed by atoms with Crippen molar-refractivity contribution in [1.82, 2.24) is 15.5 Å². The predicted octanol–water partition coefficient (Wildman–Crippen LogP) is 3.54. The normalized spacial score (nSPS) is 18.4. The molecule has 3 aromatic rings. The van der Waals surface area contributed by atoms with Crippen LogP contribution in [-0.4, -0.2) is 53.6 Å². The molecule has 204 valence electrons. The molecule has 0 saturated carbocycles. The molecule has 0 bridgehead atoms. The summed E-state index contributed by atoms with van der Waals surface area (Å²) in [6.07, 6.45) is 1.17. The Bertz CT molecular complexity index is 1320. The maximum atomic E-state index is 13.2. The molecule has 4 rings (SSSR count). The molecule has 1 fully saturated rings. The van der Waals surface area contributed by atoms with Gasteiger partial charge in [-0.1, -0.05) is 25.1 Å². The third-order valence-corrected chi connectivity index (χ3v) is 7.91. The Morgan fingerprint density at radius 2 is 1.72 bits per heavy atom. The summed E-state index contributed by atoms with van der Waals surface area (Å²) < 4.78 is 5.76. The van der Waals surface area contributed by atoms with Crippen LogP contribution in [0.3, 0.4) is 0 Å². The van der Waals surface area contributed by atoms with Gasteiger partial charge in [0.25, 0.3) is 5.91 Å². The highest BCUT2D eigenvalue weighted by Crippen LogP contribution is 2.30. The van der Waals surface area contributed by atoms with Crippen molar-refractivity contribution < 1.29 is 19.1 Å². The molecule has 1 saturated heterocycles. The number of nitrogens with one attached hydrogen (secondary N) is 3. The fourth-order valence-corrected chi connectivity index (χ4v) is 5.47. The van der Waals surface area contributed by atoms with Crippen LogP contribution in [-0.2, 0) is 16.0 Å². The predicted molar refractivity (Wildman–Crippen MR) is 151 cm³/mol. The molecule has 3 atom stereocenters. The molecule has 0 aliphatic carbocycles. The minimum absolute atomic E-state index is 0.0193. The van der Waals surface area contributed by atoms with Crippen molar-refractivity contribution in [3.05, 3.63) is 82.0 Å². The van der Waals surface area contributed by atoms with E-state index in [9.17, 15) is 14.4 Å². The van der Waals surface area contributed by atoms with Gasteiger partial charge < -0.3 is 26.0 Å². The molecule has 1 aliphatic rings. The summed E-state index contributed by atoms with van der Waals surface area (Å²) in [5.41, 5.74) is 6.60. The zero-order valence-corrected chi connectivity index (χ0v) is 22.8. The second-order valence-electron chi connectivity index (χ2n) is 9.65. The fourth-order valence-electron chi connectivity index (χ4n) is 4.58. The molecule has 1 aromatic heterocycles. The van der Waals surface area contributed by atoms with E-state index < -0.39 is 6.04 Å². The van der Waals surface area contributed by atoms with E-state index in [1.54, 1.807) is 29.2 Å². The molecular weight excluding hydrogens is 514 g/mol. The van der Waals surface area contributed by atoms with Crippen molar-refractivity contribution in [3.8, 4) is 11.5 Å². The Morgan fingerprint density at radius 3 is 2.38 bits per heavy atom. The number of nitrogens with zero attached hydrogens (tertiary/aromatic N) is 1. The van der Waals surface area contributed by atoms with Gasteiger partial charge in [0.15, 0.2) is 0 Å². The SMILES string of the molecule is CC1[C@@H](C)CC(C(=O)NCCc2cc(C(=N)N)cs2)N1C(=O)CNC(=O)c1ccc(Oc2ccccc2)cc1. The van der Waals surface area contributed by atoms with Crippen LogP contribution in [0.25, 0.3) is 0 Å². The first-order valence-electron chi connectivity index (χ1n) is 12.8. The second kappa shape index (κ2) is 12.6. The van der Waals surface area contributed by atoms with Gasteiger partial charge in [0, 0.05) is 34.0 Å². The van der Waals surface area contributed by atoms with E-state index in [1.165, 1.54) is 11.3 Å². The number of rotatable bonds is 10. The van der Waals surface area contributed by atoms with Crippen LogP contribution >= 0.6 is 11.3 Å². The van der Waals surface area contributed by atoms with Crippen molar-refractivity contribution in [2.24, 2.45) is 11.7 Å². The van der Waals surface area contributed by atoms with Gasteiger partial charge in [-0.25, -0.2) is 0 Å². The van der Waals surface area contributed by atoms with Crippen LogP contribution in [0.5, 0.6) is 11.5 Å². The number of thiophene rings is 1. The number of ether oxygens (including phenoxy) is 1. The molecule has 2 aromatic carbocycles. The molecule has 3 amide bonds. The van der Waals surface area contributed by atoms with Gasteiger partial charge >= 0.3 is 0 Å². The van der Waals surface area contributed by atoms with Gasteiger partial charge in [-0.05, 0) is 68.1 Å². The zero-order valence-electron chi connectivity index (χ0n) is 22.0. The van der Waals surface area contributed by atoms with Crippen molar-refractivity contribution in [2.75, 3.05) is 13.1 Å². The highest BCUT2D eigenvalue weighted by molar-refractivity contribution is 7.10. The van der Waals surface area contributed by atoms with Crippen LogP contribution in [0.4, 0.5) is 0 Å². The third-order valence-electron chi connectivity index (χ3n) is 6.91. The highest BCUT2D eigenvalue weighted by atomic mass is 32.1. The van der Waals surface area contributed by atoms with Crippen LogP contribution in [0.15, 0.2) is 66.0 Å². The summed E-state index contributed by atoms with van der Waals surface area (Å²) in [4.78, 5) is 41.5. The second-order valence-corrected chi connectivity index (χ2v) is 10.6. The minimum atomic E-state index is -0.593. The van der Waals surface area contributed by atoms with E-state index in [-0.39, 0.29) is 42.1 Å². The van der Waals surface area contributed by atoms with E-state index >= 15 is 0 Å². The topological polar surface area (TPSA) is 138 Å². The lowest BCUT2D eigenvalue weighted by Gasteiger charge is -2.28. The van der Waals surface area contributed by atoms with E-state index in [4.69, 9.17) is 15.9 Å². The number of carbonyl (C=O) groups excluding carboxylic acids is 3. The fraction of sp³-hybridized carbons (Fsp3) is 0.310. The molecule has 39 heavy (non-hydrogen) atoms. The molecule has 9 nitrogen and oxygen atoms in total. The summed E-state index contributed by atoms with van der Waals surface area (Å²) in [7, 11) is 0. The van der Waals surface area contributed by atoms with E-state index in [1.807, 2.05) is 55.6 Å². The smallest absolute Gasteiger partial charge is 0.251 e. The Kier molecular flexibility index (Phi) is 8.98. The summed E-state index contributed by atoms with van der Waals surface area (Å²) in [5, 5.41) is 15.0. The molecule has 1 aliphatic heterocycles. The maximum Gasteiger partial charge on any atom is 0.251 e. The standard InChI is InChI=1S/C29H33N5O4S/c1-18-14-25(29(37)32-13-12-24-15-21(17-39-24)27(30)31)34(19(18)2)26(35)16-33-28(36)20-8-10-23(11-9-20)38-22-6-4-3-5-7-22/h3-11,15,17-19,25H,12-14,16H2,1-2H3,(H3,30,31)(H,32,37)(H,33,36)/t18-,19?,25?/m0/s1. The summed E-state index contributed by atoms with van der Waals surface area (Å²) in [5.74, 6) is 0.578. The first-order valence-corrected chi connectivity index (χ1v) is 13.7. The monoisotopic (exact) mass is 547 g/mol. The molecular formula is C29H33N5O4S. The van der Waals surface area contributed by atoms with E-state index in [2.05, 4.69) is 10.6 Å². The van der Waals surface area contributed by atoms with Crippen molar-refractivity contribution in [2.45, 2.75) is 38.8 Å². The van der Waals surface area contributed by atoms with Gasteiger partial charge in [-0.15, -0.1) is 11.3 Å². The summed E-state index contributed by atoms with van der Waals surface area (Å²) in [6, 6.07) is 17.1. The Labute approximate surface area is 231 Å². The van der Waals surface area contributed by atoms with Gasteiger partial charge in [0.2, 0.25) is 11.8 Å². The van der Waals surface area contributed by atoms with Gasteiger partial charge in [-0.3, -0.25) is 19.8 Å². The number of carbonyl (C=O) groups is 3. The number of para-hydroxylation sites is 1. The minimum Gasteiger partial charge on any atom is -0.457 e. The van der Waals surface area contributed by atoms with Crippen molar-refractivity contribution in [3.63, 3.8) is 0 Å². The van der Waals surface area contributed by atoms with E-state index in [0.29, 0.717) is 42.0 Å². The highest BCUT2D eigenvalue weighted by Gasteiger charge is 2.42. The van der Waals surface area contributed by atoms with Gasteiger partial charge in [0.05, 0.1) is 6.54 Å². The average Bonchev–Trinajstić information content (AvgIpc) is 3.52. The number of hydrogen-bond donors (Lipinski definition) is 4. The number of benzene rings is 2. The lowest BCUT2D eigenvalue weighted by molar-refractivity contribution is -0.139. The van der Waals surface area contributed by atoms with Crippen LogP contribution < -0.4 is 21.1 Å².